The molecule has 2 heterocycles. The Kier molecular flexibility index (Phi) is 10.7. The fourth-order valence-electron chi connectivity index (χ4n) is 5.42. The Balaban J connectivity index is 0.000000546. The largest absolute Gasteiger partial charge is 0.481 e. The van der Waals surface area contributed by atoms with Gasteiger partial charge >= 0.3 is 5.97 Å². The molecule has 214 valence electrons. The molecule has 8 nitrogen and oxygen atoms in total. The van der Waals surface area contributed by atoms with Gasteiger partial charge in [-0.1, -0.05) is 55.7 Å². The number of benzene rings is 2. The van der Waals surface area contributed by atoms with Crippen LogP contribution in [0.25, 0.3) is 10.9 Å². The second kappa shape index (κ2) is 14.6. The number of aromatic nitrogens is 1. The summed E-state index contributed by atoms with van der Waals surface area (Å²) in [5.41, 5.74) is 0.458. The van der Waals surface area contributed by atoms with Gasteiger partial charge < -0.3 is 25.6 Å². The van der Waals surface area contributed by atoms with E-state index in [9.17, 15) is 14.4 Å². The number of amides is 1. The fraction of sp³-hybridized carbons (Fsp3) is 0.452. The third-order valence-electron chi connectivity index (χ3n) is 7.55. The van der Waals surface area contributed by atoms with Crippen LogP contribution in [0.5, 0.6) is 0 Å². The van der Waals surface area contributed by atoms with E-state index in [0.29, 0.717) is 11.2 Å². The summed E-state index contributed by atoms with van der Waals surface area (Å²) in [6.45, 7) is 1.79. The molecule has 0 unspecified atom stereocenters. The van der Waals surface area contributed by atoms with E-state index in [-0.39, 0.29) is 42.4 Å². The van der Waals surface area contributed by atoms with Crippen molar-refractivity contribution in [1.29, 1.82) is 0 Å². The first-order valence-corrected chi connectivity index (χ1v) is 14.3. The van der Waals surface area contributed by atoms with Crippen molar-refractivity contribution in [2.45, 2.75) is 69.9 Å². The van der Waals surface area contributed by atoms with Gasteiger partial charge in [-0.25, -0.2) is 4.39 Å². The molecule has 3 aromatic rings. The molecule has 1 saturated heterocycles. The summed E-state index contributed by atoms with van der Waals surface area (Å²) < 4.78 is 17.1. The number of hydrogen-bond donors (Lipinski definition) is 4. The molecule has 0 atom stereocenters. The average Bonchev–Trinajstić information content (AvgIpc) is 2.98. The van der Waals surface area contributed by atoms with Gasteiger partial charge in [-0.15, -0.1) is 0 Å². The number of nitrogens with one attached hydrogen (secondary N) is 3. The lowest BCUT2D eigenvalue weighted by Crippen LogP contribution is -2.33. The fourth-order valence-corrected chi connectivity index (χ4v) is 5.42. The molecule has 1 aliphatic carbocycles. The Morgan fingerprint density at radius 1 is 0.975 bits per heavy atom. The van der Waals surface area contributed by atoms with Gasteiger partial charge in [0.1, 0.15) is 11.4 Å². The van der Waals surface area contributed by atoms with Gasteiger partial charge in [0.2, 0.25) is 5.43 Å². The number of nitrogens with zero attached hydrogens (tertiary/aromatic N) is 1. The van der Waals surface area contributed by atoms with Crippen molar-refractivity contribution in [3.63, 3.8) is 0 Å². The van der Waals surface area contributed by atoms with E-state index >= 15 is 4.39 Å². The van der Waals surface area contributed by atoms with Gasteiger partial charge in [-0.05, 0) is 57.3 Å². The Labute approximate surface area is 234 Å². The zero-order valence-electron chi connectivity index (χ0n) is 22.8. The summed E-state index contributed by atoms with van der Waals surface area (Å²) in [4.78, 5) is 36.8. The van der Waals surface area contributed by atoms with Crippen molar-refractivity contribution in [1.82, 2.24) is 15.2 Å². The van der Waals surface area contributed by atoms with Crippen LogP contribution in [-0.4, -0.2) is 47.2 Å². The maximum absolute atomic E-state index is 15.1. The Hall–Kier alpha value is -3.72. The second-order valence-corrected chi connectivity index (χ2v) is 10.5. The summed E-state index contributed by atoms with van der Waals surface area (Å²) in [6, 6.07) is 15.3. The molecular formula is C31H39FN4O4. The van der Waals surface area contributed by atoms with Crippen LogP contribution in [0.1, 0.15) is 74.2 Å². The Morgan fingerprint density at radius 3 is 2.25 bits per heavy atom. The minimum atomic E-state index is -0.943. The normalized spacial score (nSPS) is 16.1. The third kappa shape index (κ3) is 7.91. The number of carbonyl (C=O) groups excluding carboxylic acids is 1. The van der Waals surface area contributed by atoms with Crippen LogP contribution in [0.3, 0.4) is 0 Å². The van der Waals surface area contributed by atoms with E-state index in [1.807, 2.05) is 41.0 Å². The van der Waals surface area contributed by atoms with Gasteiger partial charge in [0, 0.05) is 36.6 Å². The number of anilines is 1. The number of carboxylic acid groups (broad SMARTS) is 1. The lowest BCUT2D eigenvalue weighted by atomic mass is 9.95. The number of aliphatic carboxylic acids is 1. The summed E-state index contributed by atoms with van der Waals surface area (Å²) in [5.74, 6) is -2.00. The first kappa shape index (κ1) is 29.3. The van der Waals surface area contributed by atoms with Gasteiger partial charge in [0.25, 0.3) is 5.91 Å². The van der Waals surface area contributed by atoms with Gasteiger partial charge in [0.15, 0.2) is 0 Å². The highest BCUT2D eigenvalue weighted by atomic mass is 19.1. The molecule has 1 aromatic heterocycles. The van der Waals surface area contributed by atoms with Crippen LogP contribution in [0, 0.1) is 5.82 Å². The molecule has 40 heavy (non-hydrogen) atoms. The zero-order valence-corrected chi connectivity index (χ0v) is 22.8. The average molecular weight is 551 g/mol. The van der Waals surface area contributed by atoms with E-state index in [4.69, 9.17) is 5.11 Å². The maximum atomic E-state index is 15.1. The third-order valence-corrected chi connectivity index (χ3v) is 7.55. The van der Waals surface area contributed by atoms with Gasteiger partial charge in [-0.2, -0.15) is 0 Å². The SMILES string of the molecule is O=C(O)CCCNC(=O)c1cn(C2CCNCC2)c2cc(NC3CCCCC3)c(F)cc2c1=O.c1ccccc1. The topological polar surface area (TPSA) is 112 Å². The second-order valence-electron chi connectivity index (χ2n) is 10.5. The molecule has 4 N–H and O–H groups in total. The summed E-state index contributed by atoms with van der Waals surface area (Å²) >= 11 is 0. The van der Waals surface area contributed by atoms with Crippen LogP contribution in [0.2, 0.25) is 0 Å². The van der Waals surface area contributed by atoms with Crippen LogP contribution >= 0.6 is 0 Å². The molecule has 0 bridgehead atoms. The number of halogens is 1. The molecule has 2 aliphatic rings. The molecule has 5 rings (SSSR count). The van der Waals surface area contributed by atoms with Gasteiger partial charge in [-0.3, -0.25) is 14.4 Å². The van der Waals surface area contributed by atoms with Crippen molar-refractivity contribution >= 4 is 28.5 Å². The van der Waals surface area contributed by atoms with Crippen molar-refractivity contribution in [3.05, 3.63) is 76.3 Å². The van der Waals surface area contributed by atoms with Crippen LogP contribution < -0.4 is 21.4 Å². The first-order valence-electron chi connectivity index (χ1n) is 14.3. The number of carbonyl (C=O) groups is 2. The van der Waals surface area contributed by atoms with E-state index in [1.165, 1.54) is 12.5 Å². The molecule has 1 aliphatic heterocycles. The Bertz CT molecular complexity index is 1310. The van der Waals surface area contributed by atoms with Crippen molar-refractivity contribution in [2.75, 3.05) is 25.0 Å². The van der Waals surface area contributed by atoms with Crippen molar-refractivity contribution in [2.24, 2.45) is 0 Å². The predicted octanol–water partition coefficient (Wildman–Crippen LogP) is 5.09. The highest BCUT2D eigenvalue weighted by molar-refractivity contribution is 5.97. The van der Waals surface area contributed by atoms with Crippen molar-refractivity contribution < 1.29 is 19.1 Å². The molecule has 1 saturated carbocycles. The number of rotatable bonds is 8. The molecular weight excluding hydrogens is 511 g/mol. The smallest absolute Gasteiger partial charge is 0.303 e. The van der Waals surface area contributed by atoms with E-state index < -0.39 is 23.1 Å². The molecule has 0 spiro atoms. The number of fused-ring (bicyclic) bond motifs is 1. The number of pyridine rings is 1. The quantitative estimate of drug-likeness (QED) is 0.291. The van der Waals surface area contributed by atoms with Crippen LogP contribution in [-0.2, 0) is 4.79 Å². The van der Waals surface area contributed by atoms with E-state index in [0.717, 1.165) is 51.6 Å². The molecule has 2 aromatic carbocycles. The monoisotopic (exact) mass is 550 g/mol. The highest BCUT2D eigenvalue weighted by Crippen LogP contribution is 2.29. The lowest BCUT2D eigenvalue weighted by molar-refractivity contribution is -0.137. The molecule has 9 heteroatoms. The predicted molar refractivity (Wildman–Crippen MR) is 155 cm³/mol. The van der Waals surface area contributed by atoms with Gasteiger partial charge in [0.05, 0.1) is 11.2 Å². The number of piperidine rings is 1. The summed E-state index contributed by atoms with van der Waals surface area (Å²) in [6.07, 6.45) is 8.90. The number of carboxylic acids is 1. The molecule has 1 amide bonds. The minimum absolute atomic E-state index is 0.0475. The zero-order chi connectivity index (χ0) is 28.3. The molecule has 0 radical (unpaired) electrons. The van der Waals surface area contributed by atoms with Crippen LogP contribution in [0.4, 0.5) is 10.1 Å². The van der Waals surface area contributed by atoms with Crippen LogP contribution in [0.15, 0.2) is 59.5 Å². The molecule has 2 fully saturated rings. The lowest BCUT2D eigenvalue weighted by Gasteiger charge is -2.28. The highest BCUT2D eigenvalue weighted by Gasteiger charge is 2.23. The maximum Gasteiger partial charge on any atom is 0.303 e. The minimum Gasteiger partial charge on any atom is -0.481 e. The Morgan fingerprint density at radius 2 is 1.62 bits per heavy atom. The summed E-state index contributed by atoms with van der Waals surface area (Å²) in [5, 5.41) is 18.3. The number of hydrogen-bond acceptors (Lipinski definition) is 5. The van der Waals surface area contributed by atoms with E-state index in [1.54, 1.807) is 12.3 Å². The van der Waals surface area contributed by atoms with E-state index in [2.05, 4.69) is 16.0 Å². The first-order chi connectivity index (χ1) is 19.4. The summed E-state index contributed by atoms with van der Waals surface area (Å²) in [7, 11) is 0. The standard InChI is InChI=1S/C25H33FN4O4.C6H6/c26-20-13-18-22(14-21(20)29-16-5-2-1-3-6-16)30(17-8-11-27-12-9-17)15-19(24(18)33)25(34)28-10-4-7-23(31)32;1-2-4-6-5-3-1/h13-17,27,29H,1-12H2,(H,28,34)(H,31,32);1-6H. The van der Waals surface area contributed by atoms with Crippen molar-refractivity contribution in [3.8, 4) is 0 Å².